The van der Waals surface area contributed by atoms with Crippen molar-refractivity contribution in [1.29, 1.82) is 0 Å². The third-order valence-electron chi connectivity index (χ3n) is 3.74. The molecule has 0 aliphatic rings. The fourth-order valence-electron chi connectivity index (χ4n) is 2.26. The van der Waals surface area contributed by atoms with E-state index in [2.05, 4.69) is 38.2 Å². The third kappa shape index (κ3) is 4.58. The Labute approximate surface area is 123 Å². The molecule has 1 aromatic rings. The summed E-state index contributed by atoms with van der Waals surface area (Å²) in [6.45, 7) is 10.2. The number of nitrogens with one attached hydrogen (secondary N) is 1. The molecule has 114 valence electrons. The summed E-state index contributed by atoms with van der Waals surface area (Å²) in [5.74, 6) is 0.265. The quantitative estimate of drug-likeness (QED) is 0.719. The normalized spacial score (nSPS) is 15.4. The van der Waals surface area contributed by atoms with Crippen LogP contribution in [0.25, 0.3) is 0 Å². The van der Waals surface area contributed by atoms with Crippen LogP contribution in [-0.2, 0) is 6.42 Å². The molecule has 3 nitrogen and oxygen atoms in total. The van der Waals surface area contributed by atoms with E-state index < -0.39 is 11.6 Å². The molecule has 0 fully saturated rings. The minimum Gasteiger partial charge on any atom is -0.394 e. The maximum atomic E-state index is 10.6. The van der Waals surface area contributed by atoms with E-state index in [0.29, 0.717) is 0 Å². The predicted octanol–water partition coefficient (Wildman–Crippen LogP) is 2.67. The number of aliphatic hydroxyl groups excluding tert-OH is 2. The zero-order chi connectivity index (χ0) is 15.3. The molecule has 1 aromatic carbocycles. The molecule has 0 aliphatic heterocycles. The van der Waals surface area contributed by atoms with Gasteiger partial charge in [0.1, 0.15) is 0 Å². The zero-order valence-electron chi connectivity index (χ0n) is 13.4. The van der Waals surface area contributed by atoms with E-state index >= 15 is 0 Å². The van der Waals surface area contributed by atoms with Crippen molar-refractivity contribution in [2.45, 2.75) is 58.7 Å². The lowest BCUT2D eigenvalue weighted by Gasteiger charge is -2.35. The maximum absolute atomic E-state index is 10.6. The molecule has 0 spiro atoms. The van der Waals surface area contributed by atoms with Crippen LogP contribution in [0.3, 0.4) is 0 Å². The topological polar surface area (TPSA) is 52.5 Å². The first-order valence-electron chi connectivity index (χ1n) is 7.46. The smallest absolute Gasteiger partial charge is 0.0945 e. The molecule has 20 heavy (non-hydrogen) atoms. The molecular weight excluding hydrogens is 250 g/mol. The Bertz CT molecular complexity index is 398. The van der Waals surface area contributed by atoms with Gasteiger partial charge >= 0.3 is 0 Å². The number of hydrogen-bond donors (Lipinski definition) is 3. The van der Waals surface area contributed by atoms with Gasteiger partial charge in [0, 0.05) is 11.6 Å². The number of rotatable bonds is 7. The molecule has 3 N–H and O–H groups in total. The van der Waals surface area contributed by atoms with Crippen molar-refractivity contribution in [2.75, 3.05) is 6.61 Å². The van der Waals surface area contributed by atoms with Gasteiger partial charge < -0.3 is 15.5 Å². The Morgan fingerprint density at radius 2 is 1.70 bits per heavy atom. The highest BCUT2D eigenvalue weighted by molar-refractivity contribution is 5.25. The fraction of sp³-hybridized carbons (Fsp3) is 0.647. The van der Waals surface area contributed by atoms with Gasteiger partial charge in [0.05, 0.1) is 12.7 Å². The summed E-state index contributed by atoms with van der Waals surface area (Å²) in [4.78, 5) is 0. The summed E-state index contributed by atoms with van der Waals surface area (Å²) in [7, 11) is 0. The second kappa shape index (κ2) is 7.21. The second-order valence-corrected chi connectivity index (χ2v) is 6.50. The highest BCUT2D eigenvalue weighted by Crippen LogP contribution is 2.24. The van der Waals surface area contributed by atoms with Crippen LogP contribution in [0.1, 0.15) is 51.8 Å². The lowest BCUT2D eigenvalue weighted by Crippen LogP contribution is -2.52. The van der Waals surface area contributed by atoms with Crippen LogP contribution < -0.4 is 5.32 Å². The molecule has 0 aliphatic carbocycles. The Morgan fingerprint density at radius 3 is 2.10 bits per heavy atom. The average Bonchev–Trinajstić information content (AvgIpc) is 2.44. The SMILES string of the molecule is CCc1ccc(C(O)C(NC(C)(C)CO)C(C)C)cc1. The number of benzene rings is 1. The first kappa shape index (κ1) is 17.2. The maximum Gasteiger partial charge on any atom is 0.0945 e. The van der Waals surface area contributed by atoms with Crippen LogP contribution in [-0.4, -0.2) is 28.4 Å². The molecule has 0 heterocycles. The van der Waals surface area contributed by atoms with Crippen molar-refractivity contribution in [3.8, 4) is 0 Å². The van der Waals surface area contributed by atoms with E-state index in [1.807, 2.05) is 26.0 Å². The molecular formula is C17H29NO2. The van der Waals surface area contributed by atoms with E-state index in [1.54, 1.807) is 0 Å². The first-order valence-corrected chi connectivity index (χ1v) is 7.46. The number of aryl methyl sites for hydroxylation is 1. The predicted molar refractivity (Wildman–Crippen MR) is 83.7 cm³/mol. The van der Waals surface area contributed by atoms with Crippen LogP contribution in [0, 0.1) is 5.92 Å². The van der Waals surface area contributed by atoms with Gasteiger partial charge in [-0.25, -0.2) is 0 Å². The van der Waals surface area contributed by atoms with E-state index in [4.69, 9.17) is 0 Å². The summed E-state index contributed by atoms with van der Waals surface area (Å²) < 4.78 is 0. The summed E-state index contributed by atoms with van der Waals surface area (Å²) in [6, 6.07) is 8.02. The molecule has 0 radical (unpaired) electrons. The van der Waals surface area contributed by atoms with Crippen LogP contribution >= 0.6 is 0 Å². The van der Waals surface area contributed by atoms with Crippen molar-refractivity contribution in [1.82, 2.24) is 5.32 Å². The monoisotopic (exact) mass is 279 g/mol. The van der Waals surface area contributed by atoms with Crippen molar-refractivity contribution in [2.24, 2.45) is 5.92 Å². The molecule has 0 saturated heterocycles. The first-order chi connectivity index (χ1) is 9.30. The number of hydrogen-bond acceptors (Lipinski definition) is 3. The van der Waals surface area contributed by atoms with Crippen molar-refractivity contribution in [3.05, 3.63) is 35.4 Å². The molecule has 0 aromatic heterocycles. The lowest BCUT2D eigenvalue weighted by atomic mass is 9.90. The number of aliphatic hydroxyl groups is 2. The van der Waals surface area contributed by atoms with Gasteiger partial charge in [0.25, 0.3) is 0 Å². The van der Waals surface area contributed by atoms with Gasteiger partial charge in [-0.15, -0.1) is 0 Å². The second-order valence-electron chi connectivity index (χ2n) is 6.50. The molecule has 3 heteroatoms. The summed E-state index contributed by atoms with van der Waals surface area (Å²) in [6.07, 6.45) is 0.423. The highest BCUT2D eigenvalue weighted by atomic mass is 16.3. The Morgan fingerprint density at radius 1 is 1.15 bits per heavy atom. The molecule has 1 rings (SSSR count). The Balaban J connectivity index is 2.90. The van der Waals surface area contributed by atoms with E-state index in [-0.39, 0.29) is 18.6 Å². The molecule has 2 atom stereocenters. The van der Waals surface area contributed by atoms with Crippen LogP contribution in [0.2, 0.25) is 0 Å². The van der Waals surface area contributed by atoms with E-state index in [1.165, 1.54) is 5.56 Å². The van der Waals surface area contributed by atoms with Crippen LogP contribution in [0.4, 0.5) is 0 Å². The van der Waals surface area contributed by atoms with E-state index in [0.717, 1.165) is 12.0 Å². The third-order valence-corrected chi connectivity index (χ3v) is 3.74. The van der Waals surface area contributed by atoms with E-state index in [9.17, 15) is 10.2 Å². The molecule has 0 amide bonds. The summed E-state index contributed by atoms with van der Waals surface area (Å²) >= 11 is 0. The molecule has 0 saturated carbocycles. The summed E-state index contributed by atoms with van der Waals surface area (Å²) in [5, 5.41) is 23.4. The van der Waals surface area contributed by atoms with Gasteiger partial charge in [-0.05, 0) is 37.3 Å². The van der Waals surface area contributed by atoms with Gasteiger partial charge in [-0.1, -0.05) is 45.0 Å². The van der Waals surface area contributed by atoms with Crippen molar-refractivity contribution >= 4 is 0 Å². The summed E-state index contributed by atoms with van der Waals surface area (Å²) in [5.41, 5.74) is 1.78. The minimum atomic E-state index is -0.577. The average molecular weight is 279 g/mol. The molecule has 2 unspecified atom stereocenters. The van der Waals surface area contributed by atoms with Crippen LogP contribution in [0.15, 0.2) is 24.3 Å². The Hall–Kier alpha value is -0.900. The van der Waals surface area contributed by atoms with Gasteiger partial charge in [0.15, 0.2) is 0 Å². The standard InChI is InChI=1S/C17H29NO2/c1-6-13-7-9-14(10-8-13)16(20)15(12(2)3)18-17(4,5)11-19/h7-10,12,15-16,18-20H,6,11H2,1-5H3. The van der Waals surface area contributed by atoms with Crippen LogP contribution in [0.5, 0.6) is 0 Å². The largest absolute Gasteiger partial charge is 0.394 e. The lowest BCUT2D eigenvalue weighted by molar-refractivity contribution is 0.0712. The zero-order valence-corrected chi connectivity index (χ0v) is 13.4. The molecule has 0 bridgehead atoms. The Kier molecular flexibility index (Phi) is 6.18. The van der Waals surface area contributed by atoms with Gasteiger partial charge in [0.2, 0.25) is 0 Å². The fourth-order valence-corrected chi connectivity index (χ4v) is 2.26. The van der Waals surface area contributed by atoms with Crippen molar-refractivity contribution < 1.29 is 10.2 Å². The minimum absolute atomic E-state index is 0.0394. The highest BCUT2D eigenvalue weighted by Gasteiger charge is 2.29. The van der Waals surface area contributed by atoms with Gasteiger partial charge in [-0.3, -0.25) is 0 Å². The van der Waals surface area contributed by atoms with Gasteiger partial charge in [-0.2, -0.15) is 0 Å². The van der Waals surface area contributed by atoms with Crippen molar-refractivity contribution in [3.63, 3.8) is 0 Å².